The van der Waals surface area contributed by atoms with E-state index in [4.69, 9.17) is 6.42 Å². The van der Waals surface area contributed by atoms with Crippen molar-refractivity contribution in [1.82, 2.24) is 0 Å². The summed E-state index contributed by atoms with van der Waals surface area (Å²) in [5, 5.41) is 21.2. The van der Waals surface area contributed by atoms with Gasteiger partial charge in [0.2, 0.25) is 0 Å². The molecule has 2 heteroatoms. The van der Waals surface area contributed by atoms with Crippen LogP contribution in [0.5, 0.6) is 0 Å². The molecule has 0 aliphatic heterocycles. The van der Waals surface area contributed by atoms with E-state index in [1.165, 1.54) is 12.8 Å². The molecule has 0 aromatic carbocycles. The summed E-state index contributed by atoms with van der Waals surface area (Å²) < 4.78 is 0. The molecular weight excluding hydrogens is 284 g/mol. The van der Waals surface area contributed by atoms with Crippen LogP contribution in [0.25, 0.3) is 0 Å². The first-order valence-corrected chi connectivity index (χ1v) is 9.42. The lowest BCUT2D eigenvalue weighted by Crippen LogP contribution is -2.55. The minimum Gasteiger partial charge on any atom is -0.513 e. The van der Waals surface area contributed by atoms with Gasteiger partial charge in [-0.3, -0.25) is 0 Å². The average Bonchev–Trinajstić information content (AvgIpc) is 2.79. The van der Waals surface area contributed by atoms with Crippen molar-refractivity contribution in [2.24, 2.45) is 34.5 Å². The van der Waals surface area contributed by atoms with E-state index in [0.29, 0.717) is 23.5 Å². The van der Waals surface area contributed by atoms with Gasteiger partial charge in [0.25, 0.3) is 0 Å². The van der Waals surface area contributed by atoms with Gasteiger partial charge in [-0.05, 0) is 80.1 Å². The Balaban J connectivity index is 1.68. The molecule has 4 aliphatic carbocycles. The molecule has 3 saturated carbocycles. The van der Waals surface area contributed by atoms with Gasteiger partial charge in [-0.1, -0.05) is 19.8 Å². The van der Waals surface area contributed by atoms with Crippen molar-refractivity contribution in [3.05, 3.63) is 11.8 Å². The maximum atomic E-state index is 11.0. The molecule has 4 aliphatic rings. The van der Waals surface area contributed by atoms with E-state index in [1.807, 2.05) is 6.08 Å². The summed E-state index contributed by atoms with van der Waals surface area (Å²) in [6, 6.07) is 0. The van der Waals surface area contributed by atoms with Gasteiger partial charge in [-0.25, -0.2) is 0 Å². The number of aliphatic hydroxyl groups is 2. The fourth-order valence-corrected chi connectivity index (χ4v) is 7.19. The van der Waals surface area contributed by atoms with E-state index in [0.717, 1.165) is 44.4 Å². The van der Waals surface area contributed by atoms with E-state index in [9.17, 15) is 10.2 Å². The van der Waals surface area contributed by atoms with Crippen LogP contribution in [0.1, 0.15) is 65.2 Å². The minimum absolute atomic E-state index is 0.112. The molecule has 4 rings (SSSR count). The van der Waals surface area contributed by atoms with Crippen LogP contribution in [-0.2, 0) is 0 Å². The first-order chi connectivity index (χ1) is 10.8. The molecule has 3 fully saturated rings. The second kappa shape index (κ2) is 4.79. The SMILES string of the molecule is C#CC1(O)CC[C@H]2[C@@H]3CCC4CC=C(O)C[C@]4(C)[C@@H]3CC[C@@]21C. The second-order valence-corrected chi connectivity index (χ2v) is 9.26. The van der Waals surface area contributed by atoms with Crippen LogP contribution in [0, 0.1) is 46.8 Å². The highest BCUT2D eigenvalue weighted by Gasteiger charge is 2.64. The fourth-order valence-electron chi connectivity index (χ4n) is 7.19. The van der Waals surface area contributed by atoms with Gasteiger partial charge in [0.15, 0.2) is 0 Å². The number of rotatable bonds is 0. The number of aliphatic hydroxyl groups excluding tert-OH is 1. The highest BCUT2D eigenvalue weighted by molar-refractivity contribution is 5.24. The molecule has 0 heterocycles. The van der Waals surface area contributed by atoms with Crippen molar-refractivity contribution >= 4 is 0 Å². The van der Waals surface area contributed by atoms with E-state index in [-0.39, 0.29) is 10.8 Å². The van der Waals surface area contributed by atoms with E-state index in [2.05, 4.69) is 19.8 Å². The minimum atomic E-state index is -0.908. The number of fused-ring (bicyclic) bond motifs is 5. The molecule has 126 valence electrons. The quantitative estimate of drug-likeness (QED) is 0.649. The Morgan fingerprint density at radius 3 is 2.61 bits per heavy atom. The summed E-state index contributed by atoms with van der Waals surface area (Å²) in [4.78, 5) is 0. The number of allylic oxidation sites excluding steroid dienone is 2. The smallest absolute Gasteiger partial charge is 0.130 e. The molecular formula is C21H30O2. The molecule has 0 bridgehead atoms. The van der Waals surface area contributed by atoms with E-state index < -0.39 is 5.60 Å². The lowest BCUT2D eigenvalue weighted by molar-refractivity contribution is -0.128. The van der Waals surface area contributed by atoms with Crippen LogP contribution >= 0.6 is 0 Å². The zero-order valence-corrected chi connectivity index (χ0v) is 14.5. The number of hydrogen-bond acceptors (Lipinski definition) is 2. The number of hydrogen-bond donors (Lipinski definition) is 2. The lowest BCUT2D eigenvalue weighted by Gasteiger charge is -2.60. The van der Waals surface area contributed by atoms with Crippen LogP contribution in [0.2, 0.25) is 0 Å². The van der Waals surface area contributed by atoms with Crippen molar-refractivity contribution in [1.29, 1.82) is 0 Å². The Morgan fingerprint density at radius 1 is 1.13 bits per heavy atom. The highest BCUT2D eigenvalue weighted by atomic mass is 16.3. The summed E-state index contributed by atoms with van der Waals surface area (Å²) in [5.74, 6) is 5.97. The molecule has 0 saturated heterocycles. The van der Waals surface area contributed by atoms with Crippen molar-refractivity contribution < 1.29 is 10.2 Å². The van der Waals surface area contributed by atoms with Crippen LogP contribution < -0.4 is 0 Å². The molecule has 2 nitrogen and oxygen atoms in total. The Labute approximate surface area is 140 Å². The molecule has 0 spiro atoms. The number of terminal acetylenes is 1. The standard InChI is InChI=1S/C21H30O2/c1-4-21(23)12-10-18-16-8-6-14-5-7-15(22)13-19(14,2)17(16)9-11-20(18,21)3/h1,7,14,16-18,22-23H,5-6,8-13H2,2-3H3/t14?,16-,17-,18+,19+,20+,21?/m1/s1. The second-order valence-electron chi connectivity index (χ2n) is 9.26. The summed E-state index contributed by atoms with van der Waals surface area (Å²) in [6.45, 7) is 4.66. The van der Waals surface area contributed by atoms with Gasteiger partial charge in [0, 0.05) is 11.8 Å². The first-order valence-electron chi connectivity index (χ1n) is 9.42. The Morgan fingerprint density at radius 2 is 1.87 bits per heavy atom. The van der Waals surface area contributed by atoms with Gasteiger partial charge in [-0.2, -0.15) is 0 Å². The lowest BCUT2D eigenvalue weighted by atomic mass is 9.45. The predicted molar refractivity (Wildman–Crippen MR) is 91.6 cm³/mol. The van der Waals surface area contributed by atoms with Crippen LogP contribution in [0.4, 0.5) is 0 Å². The molecule has 23 heavy (non-hydrogen) atoms. The highest BCUT2D eigenvalue weighted by Crippen LogP contribution is 2.67. The van der Waals surface area contributed by atoms with Gasteiger partial charge >= 0.3 is 0 Å². The maximum Gasteiger partial charge on any atom is 0.130 e. The van der Waals surface area contributed by atoms with Crippen LogP contribution in [-0.4, -0.2) is 15.8 Å². The van der Waals surface area contributed by atoms with Crippen molar-refractivity contribution in [2.45, 2.75) is 70.8 Å². The zero-order chi connectivity index (χ0) is 16.5. The molecule has 7 atom stereocenters. The van der Waals surface area contributed by atoms with Crippen LogP contribution in [0.15, 0.2) is 11.8 Å². The maximum absolute atomic E-state index is 11.0. The molecule has 0 aromatic heterocycles. The third-order valence-electron chi connectivity index (χ3n) is 8.66. The molecule has 0 aromatic rings. The molecule has 2 unspecified atom stereocenters. The summed E-state index contributed by atoms with van der Waals surface area (Å²) in [6.07, 6.45) is 16.2. The van der Waals surface area contributed by atoms with Gasteiger partial charge in [-0.15, -0.1) is 6.42 Å². The predicted octanol–water partition coefficient (Wildman–Crippen LogP) is 4.45. The monoisotopic (exact) mass is 314 g/mol. The third-order valence-corrected chi connectivity index (χ3v) is 8.66. The van der Waals surface area contributed by atoms with Crippen molar-refractivity contribution in [3.8, 4) is 12.3 Å². The molecule has 0 radical (unpaired) electrons. The summed E-state index contributed by atoms with van der Waals surface area (Å²) >= 11 is 0. The molecule has 0 amide bonds. The largest absolute Gasteiger partial charge is 0.513 e. The van der Waals surface area contributed by atoms with Gasteiger partial charge < -0.3 is 10.2 Å². The Bertz CT molecular complexity index is 587. The summed E-state index contributed by atoms with van der Waals surface area (Å²) in [5.41, 5.74) is -0.784. The summed E-state index contributed by atoms with van der Waals surface area (Å²) in [7, 11) is 0. The zero-order valence-electron chi connectivity index (χ0n) is 14.5. The Hall–Kier alpha value is -0.940. The average molecular weight is 314 g/mol. The van der Waals surface area contributed by atoms with Crippen molar-refractivity contribution in [3.63, 3.8) is 0 Å². The van der Waals surface area contributed by atoms with E-state index >= 15 is 0 Å². The van der Waals surface area contributed by atoms with Gasteiger partial charge in [0.1, 0.15) is 5.60 Å². The van der Waals surface area contributed by atoms with Gasteiger partial charge in [0.05, 0.1) is 5.76 Å². The molecule has 2 N–H and O–H groups in total. The normalized spacial score (nSPS) is 55.1. The fraction of sp³-hybridized carbons (Fsp3) is 0.810. The van der Waals surface area contributed by atoms with Crippen LogP contribution in [0.3, 0.4) is 0 Å². The first kappa shape index (κ1) is 15.6. The Kier molecular flexibility index (Phi) is 3.24. The van der Waals surface area contributed by atoms with Crippen molar-refractivity contribution in [2.75, 3.05) is 0 Å². The van der Waals surface area contributed by atoms with E-state index in [1.54, 1.807) is 0 Å². The topological polar surface area (TPSA) is 40.5 Å². The third kappa shape index (κ3) is 1.86.